The third-order valence-electron chi connectivity index (χ3n) is 2.68. The zero-order valence-corrected chi connectivity index (χ0v) is 8.77. The maximum Gasteiger partial charge on any atom is 0.0676 e. The van der Waals surface area contributed by atoms with Crippen molar-refractivity contribution in [3.8, 4) is 0 Å². The molecule has 13 heavy (non-hydrogen) atoms. The summed E-state index contributed by atoms with van der Waals surface area (Å²) >= 11 is 0. The van der Waals surface area contributed by atoms with Crippen molar-refractivity contribution in [1.29, 1.82) is 0 Å². The molecule has 2 heteroatoms. The van der Waals surface area contributed by atoms with Crippen molar-refractivity contribution in [3.63, 3.8) is 0 Å². The zero-order valence-electron chi connectivity index (χ0n) is 8.77. The third kappa shape index (κ3) is 2.06. The van der Waals surface area contributed by atoms with E-state index in [-0.39, 0.29) is 0 Å². The lowest BCUT2D eigenvalue weighted by atomic mass is 10.1. The first-order valence-corrected chi connectivity index (χ1v) is 5.07. The number of likely N-dealkylation sites (N-methyl/N-ethyl adjacent to an activating group) is 1. The first-order valence-electron chi connectivity index (χ1n) is 5.07. The number of nitrogens with one attached hydrogen (secondary N) is 1. The molecule has 1 fully saturated rings. The van der Waals surface area contributed by atoms with Crippen LogP contribution in [0.25, 0.3) is 0 Å². The van der Waals surface area contributed by atoms with Crippen LogP contribution in [0.4, 0.5) is 0 Å². The Hall–Kier alpha value is -0.920. The summed E-state index contributed by atoms with van der Waals surface area (Å²) in [6.45, 7) is 14.5. The lowest BCUT2D eigenvalue weighted by Crippen LogP contribution is -2.35. The van der Waals surface area contributed by atoms with E-state index in [4.69, 9.17) is 0 Å². The van der Waals surface area contributed by atoms with Crippen molar-refractivity contribution in [3.05, 3.63) is 24.6 Å². The minimum absolute atomic E-state index is 0.431. The molecule has 0 amide bonds. The predicted molar refractivity (Wildman–Crippen MR) is 57.4 cm³/mol. The van der Waals surface area contributed by atoms with Crippen molar-refractivity contribution < 1.29 is 0 Å². The van der Waals surface area contributed by atoms with Gasteiger partial charge in [-0.3, -0.25) is 0 Å². The minimum atomic E-state index is 0.431. The Bertz CT molecular complexity index is 186. The fraction of sp³-hybridized carbons (Fsp3) is 0.636. The first-order chi connectivity index (χ1) is 6.20. The van der Waals surface area contributed by atoms with Gasteiger partial charge >= 0.3 is 0 Å². The molecule has 1 aliphatic rings. The average molecular weight is 180 g/mol. The fourth-order valence-electron chi connectivity index (χ4n) is 1.95. The van der Waals surface area contributed by atoms with E-state index in [1.807, 2.05) is 0 Å². The standard InChI is InChI=1S/C11H20N2/c1-5-11-10(4)12-8-7-9(3)13(11)6-2/h11-12H,3-8H2,1-2H3. The molecule has 0 aromatic heterocycles. The maximum atomic E-state index is 4.10. The van der Waals surface area contributed by atoms with Crippen LogP contribution in [0.2, 0.25) is 0 Å². The highest BCUT2D eigenvalue weighted by Crippen LogP contribution is 2.20. The van der Waals surface area contributed by atoms with E-state index in [0.29, 0.717) is 6.04 Å². The van der Waals surface area contributed by atoms with Gasteiger partial charge in [0, 0.05) is 30.9 Å². The first kappa shape index (κ1) is 10.2. The van der Waals surface area contributed by atoms with Gasteiger partial charge in [0.1, 0.15) is 0 Å². The molecule has 1 N–H and O–H groups in total. The van der Waals surface area contributed by atoms with Crippen LogP contribution in [-0.4, -0.2) is 24.0 Å². The van der Waals surface area contributed by atoms with E-state index >= 15 is 0 Å². The monoisotopic (exact) mass is 180 g/mol. The molecule has 2 nitrogen and oxygen atoms in total. The Labute approximate surface area is 81.3 Å². The van der Waals surface area contributed by atoms with Gasteiger partial charge in [-0.05, 0) is 13.3 Å². The number of hydrogen-bond acceptors (Lipinski definition) is 2. The molecule has 0 saturated carbocycles. The quantitative estimate of drug-likeness (QED) is 0.700. The summed E-state index contributed by atoms with van der Waals surface area (Å²) in [6, 6.07) is 0.431. The minimum Gasteiger partial charge on any atom is -0.387 e. The van der Waals surface area contributed by atoms with Crippen LogP contribution in [0.5, 0.6) is 0 Å². The Kier molecular flexibility index (Phi) is 3.40. The molecule has 1 heterocycles. The topological polar surface area (TPSA) is 15.3 Å². The van der Waals surface area contributed by atoms with Gasteiger partial charge < -0.3 is 10.2 Å². The molecule has 1 saturated heterocycles. The van der Waals surface area contributed by atoms with E-state index in [0.717, 1.165) is 31.6 Å². The molecule has 0 bridgehead atoms. The van der Waals surface area contributed by atoms with Gasteiger partial charge in [0.2, 0.25) is 0 Å². The summed E-state index contributed by atoms with van der Waals surface area (Å²) in [7, 11) is 0. The van der Waals surface area contributed by atoms with Gasteiger partial charge in [-0.2, -0.15) is 0 Å². The van der Waals surface area contributed by atoms with Gasteiger partial charge in [-0.25, -0.2) is 0 Å². The van der Waals surface area contributed by atoms with Gasteiger partial charge in [-0.15, -0.1) is 0 Å². The molecule has 0 radical (unpaired) electrons. The molecular formula is C11H20N2. The fourth-order valence-corrected chi connectivity index (χ4v) is 1.95. The summed E-state index contributed by atoms with van der Waals surface area (Å²) in [5.41, 5.74) is 2.38. The molecule has 0 aliphatic carbocycles. The van der Waals surface area contributed by atoms with Crippen molar-refractivity contribution in [2.24, 2.45) is 0 Å². The summed E-state index contributed by atoms with van der Waals surface area (Å²) in [6.07, 6.45) is 2.13. The van der Waals surface area contributed by atoms with Crippen molar-refractivity contribution in [2.45, 2.75) is 32.7 Å². The number of nitrogens with zero attached hydrogens (tertiary/aromatic N) is 1. The SMILES string of the molecule is C=C1NCCC(=C)N(CC)C1CC. The lowest BCUT2D eigenvalue weighted by molar-refractivity contribution is 0.288. The van der Waals surface area contributed by atoms with Crippen LogP contribution in [0, 0.1) is 0 Å². The lowest BCUT2D eigenvalue weighted by Gasteiger charge is -2.32. The van der Waals surface area contributed by atoms with Crippen LogP contribution in [0.1, 0.15) is 26.7 Å². The van der Waals surface area contributed by atoms with Gasteiger partial charge in [0.15, 0.2) is 0 Å². The highest BCUT2D eigenvalue weighted by atomic mass is 15.2. The van der Waals surface area contributed by atoms with E-state index < -0.39 is 0 Å². The van der Waals surface area contributed by atoms with Crippen LogP contribution >= 0.6 is 0 Å². The number of hydrogen-bond donors (Lipinski definition) is 1. The average Bonchev–Trinajstić information content (AvgIpc) is 2.25. The van der Waals surface area contributed by atoms with Crippen molar-refractivity contribution >= 4 is 0 Å². The van der Waals surface area contributed by atoms with Crippen LogP contribution < -0.4 is 5.32 Å². The van der Waals surface area contributed by atoms with Crippen molar-refractivity contribution in [2.75, 3.05) is 13.1 Å². The summed E-state index contributed by atoms with van der Waals surface area (Å²) in [5, 5.41) is 3.34. The van der Waals surface area contributed by atoms with E-state index in [9.17, 15) is 0 Å². The van der Waals surface area contributed by atoms with Gasteiger partial charge in [0.25, 0.3) is 0 Å². The molecule has 1 unspecified atom stereocenters. The highest BCUT2D eigenvalue weighted by molar-refractivity contribution is 5.12. The normalized spacial score (nSPS) is 24.2. The van der Waals surface area contributed by atoms with E-state index in [1.165, 1.54) is 5.70 Å². The smallest absolute Gasteiger partial charge is 0.0676 e. The molecule has 1 rings (SSSR count). The predicted octanol–water partition coefficient (Wildman–Crippen LogP) is 2.11. The second kappa shape index (κ2) is 4.35. The van der Waals surface area contributed by atoms with Crippen molar-refractivity contribution in [1.82, 2.24) is 10.2 Å². The summed E-state index contributed by atoms with van der Waals surface area (Å²) in [4.78, 5) is 2.35. The zero-order chi connectivity index (χ0) is 9.84. The maximum absolute atomic E-state index is 4.10. The molecule has 0 aromatic rings. The van der Waals surface area contributed by atoms with Crippen LogP contribution in [0.15, 0.2) is 24.6 Å². The third-order valence-corrected chi connectivity index (χ3v) is 2.68. The largest absolute Gasteiger partial charge is 0.387 e. The molecule has 1 aliphatic heterocycles. The van der Waals surface area contributed by atoms with Gasteiger partial charge in [-0.1, -0.05) is 20.1 Å². The Morgan fingerprint density at radius 1 is 1.46 bits per heavy atom. The molecule has 0 aromatic carbocycles. The summed E-state index contributed by atoms with van der Waals surface area (Å²) in [5.74, 6) is 0. The summed E-state index contributed by atoms with van der Waals surface area (Å²) < 4.78 is 0. The Balaban J connectivity index is 2.81. The Morgan fingerprint density at radius 3 is 2.69 bits per heavy atom. The van der Waals surface area contributed by atoms with Crippen LogP contribution in [0.3, 0.4) is 0 Å². The second-order valence-corrected chi connectivity index (χ2v) is 3.48. The van der Waals surface area contributed by atoms with Crippen LogP contribution in [-0.2, 0) is 0 Å². The molecule has 74 valence electrons. The highest BCUT2D eigenvalue weighted by Gasteiger charge is 2.21. The Morgan fingerprint density at radius 2 is 2.15 bits per heavy atom. The van der Waals surface area contributed by atoms with E-state index in [1.54, 1.807) is 0 Å². The molecular weight excluding hydrogens is 160 g/mol. The van der Waals surface area contributed by atoms with E-state index in [2.05, 4.69) is 37.2 Å². The second-order valence-electron chi connectivity index (χ2n) is 3.48. The molecule has 0 spiro atoms. The van der Waals surface area contributed by atoms with Gasteiger partial charge in [0.05, 0.1) is 6.04 Å². The number of rotatable bonds is 2. The molecule has 1 atom stereocenters.